The van der Waals surface area contributed by atoms with E-state index in [0.717, 1.165) is 32.4 Å². The Morgan fingerprint density at radius 2 is 2.06 bits per heavy atom. The molecule has 0 unspecified atom stereocenters. The van der Waals surface area contributed by atoms with Crippen molar-refractivity contribution in [3.05, 3.63) is 24.0 Å². The summed E-state index contributed by atoms with van der Waals surface area (Å²) in [5, 5.41) is 10.4. The number of piperidine rings is 1. The normalized spacial score (nSPS) is 15.5. The summed E-state index contributed by atoms with van der Waals surface area (Å²) in [6.07, 6.45) is 4.21. The average molecular weight is 496 g/mol. The fourth-order valence-electron chi connectivity index (χ4n) is 4.40. The lowest BCUT2D eigenvalue weighted by Gasteiger charge is -2.32. The number of nitrogens with two attached hydrogens (primary N) is 1. The average Bonchev–Trinajstić information content (AvgIpc) is 3.47. The van der Waals surface area contributed by atoms with Crippen molar-refractivity contribution in [1.29, 1.82) is 5.26 Å². The fourth-order valence-corrected chi connectivity index (χ4v) is 5.41. The van der Waals surface area contributed by atoms with Crippen molar-refractivity contribution < 1.29 is 19.0 Å². The van der Waals surface area contributed by atoms with E-state index in [1.807, 2.05) is 9.47 Å². The zero-order chi connectivity index (χ0) is 24.4. The third kappa shape index (κ3) is 4.69. The number of benzene rings is 1. The maximum atomic E-state index is 12.1. The second-order valence-electron chi connectivity index (χ2n) is 8.44. The number of nitrogen functional groups attached to an aromatic ring is 1. The van der Waals surface area contributed by atoms with Crippen LogP contribution in [0.15, 0.2) is 28.5 Å². The van der Waals surface area contributed by atoms with Crippen molar-refractivity contribution in [2.75, 3.05) is 39.3 Å². The van der Waals surface area contributed by atoms with Crippen LogP contribution in [-0.4, -0.2) is 63.9 Å². The Morgan fingerprint density at radius 1 is 1.29 bits per heavy atom. The number of hydrogen-bond acceptors (Lipinski definition) is 10. The van der Waals surface area contributed by atoms with E-state index in [1.165, 1.54) is 25.2 Å². The summed E-state index contributed by atoms with van der Waals surface area (Å²) in [5.74, 6) is 1.98. The SMILES string of the molecule is COCC(=O)N1CCC(CCn2c(Sc3cc4c(cc3C#N)OCO4)nc3c(N)ncnc32)CC1. The number of aryl methyl sites for hydroxylation is 1. The first-order valence-electron chi connectivity index (χ1n) is 11.3. The van der Waals surface area contributed by atoms with Gasteiger partial charge < -0.3 is 29.4 Å². The number of aromatic nitrogens is 4. The van der Waals surface area contributed by atoms with Crippen LogP contribution in [0.5, 0.6) is 11.5 Å². The monoisotopic (exact) mass is 495 g/mol. The molecule has 1 saturated heterocycles. The van der Waals surface area contributed by atoms with Gasteiger partial charge in [-0.3, -0.25) is 4.79 Å². The molecule has 2 aromatic heterocycles. The first kappa shape index (κ1) is 23.2. The van der Waals surface area contributed by atoms with Gasteiger partial charge in [0.25, 0.3) is 0 Å². The van der Waals surface area contributed by atoms with E-state index in [0.29, 0.717) is 56.6 Å². The molecule has 5 rings (SSSR count). The predicted octanol–water partition coefficient (Wildman–Crippen LogP) is 2.44. The van der Waals surface area contributed by atoms with Crippen LogP contribution in [0.4, 0.5) is 5.82 Å². The molecule has 1 aromatic carbocycles. The highest BCUT2D eigenvalue weighted by molar-refractivity contribution is 7.99. The first-order valence-corrected chi connectivity index (χ1v) is 12.1. The number of nitriles is 1. The molecule has 3 aromatic rings. The molecule has 35 heavy (non-hydrogen) atoms. The molecule has 0 radical (unpaired) electrons. The summed E-state index contributed by atoms with van der Waals surface area (Å²) in [6, 6.07) is 5.72. The van der Waals surface area contributed by atoms with Gasteiger partial charge >= 0.3 is 0 Å². The Hall–Kier alpha value is -3.56. The number of anilines is 1. The highest BCUT2D eigenvalue weighted by atomic mass is 32.2. The molecule has 182 valence electrons. The molecule has 0 bridgehead atoms. The van der Waals surface area contributed by atoms with Crippen molar-refractivity contribution in [2.24, 2.45) is 5.92 Å². The second kappa shape index (κ2) is 9.97. The summed E-state index contributed by atoms with van der Waals surface area (Å²) in [5.41, 5.74) is 7.77. The van der Waals surface area contributed by atoms with Crippen LogP contribution >= 0.6 is 11.8 Å². The molecular formula is C23H25N7O4S. The zero-order valence-electron chi connectivity index (χ0n) is 19.3. The molecule has 2 N–H and O–H groups in total. The minimum atomic E-state index is 0.0365. The van der Waals surface area contributed by atoms with Crippen LogP contribution < -0.4 is 15.2 Å². The summed E-state index contributed by atoms with van der Waals surface area (Å²) in [4.78, 5) is 27.9. The molecule has 0 aliphatic carbocycles. The van der Waals surface area contributed by atoms with E-state index in [1.54, 1.807) is 12.1 Å². The Bertz CT molecular complexity index is 1300. The summed E-state index contributed by atoms with van der Waals surface area (Å²) in [7, 11) is 1.54. The number of likely N-dealkylation sites (tertiary alicyclic amines) is 1. The molecule has 4 heterocycles. The third-order valence-electron chi connectivity index (χ3n) is 6.32. The molecule has 0 saturated carbocycles. The van der Waals surface area contributed by atoms with Crippen molar-refractivity contribution in [3.63, 3.8) is 0 Å². The summed E-state index contributed by atoms with van der Waals surface area (Å²) in [6.45, 7) is 2.40. The standard InChI is InChI=1S/C23H25N7O4S/c1-32-11-19(31)29-5-2-14(3-6-29)4-7-30-22-20(21(25)26-12-27-22)28-23(30)35-18-9-17-16(33-13-34-17)8-15(18)10-24/h8-9,12,14H,2-7,11,13H2,1H3,(H2,25,26,27). The number of methoxy groups -OCH3 is 1. The zero-order valence-corrected chi connectivity index (χ0v) is 20.1. The molecule has 12 heteroatoms. The highest BCUT2D eigenvalue weighted by Crippen LogP contribution is 2.41. The van der Waals surface area contributed by atoms with Crippen LogP contribution in [0.1, 0.15) is 24.8 Å². The number of nitrogens with zero attached hydrogens (tertiary/aromatic N) is 6. The lowest BCUT2D eigenvalue weighted by molar-refractivity contribution is -0.136. The molecule has 0 spiro atoms. The lowest BCUT2D eigenvalue weighted by Crippen LogP contribution is -2.40. The van der Waals surface area contributed by atoms with Gasteiger partial charge in [-0.2, -0.15) is 5.26 Å². The van der Waals surface area contributed by atoms with Gasteiger partial charge in [-0.25, -0.2) is 15.0 Å². The van der Waals surface area contributed by atoms with Crippen LogP contribution in [-0.2, 0) is 16.1 Å². The Morgan fingerprint density at radius 3 is 2.80 bits per heavy atom. The van der Waals surface area contributed by atoms with Gasteiger partial charge in [0.2, 0.25) is 12.7 Å². The van der Waals surface area contributed by atoms with Crippen LogP contribution in [0, 0.1) is 17.2 Å². The number of amides is 1. The molecular weight excluding hydrogens is 470 g/mol. The molecule has 1 amide bonds. The van der Waals surface area contributed by atoms with Crippen LogP contribution in [0.25, 0.3) is 11.2 Å². The van der Waals surface area contributed by atoms with Gasteiger partial charge in [0, 0.05) is 37.7 Å². The van der Waals surface area contributed by atoms with Crippen LogP contribution in [0.2, 0.25) is 0 Å². The molecule has 0 atom stereocenters. The third-order valence-corrected chi connectivity index (χ3v) is 7.37. The highest BCUT2D eigenvalue weighted by Gasteiger charge is 2.25. The van der Waals surface area contributed by atoms with Gasteiger partial charge in [-0.05, 0) is 31.2 Å². The Labute approximate surface area is 206 Å². The minimum absolute atomic E-state index is 0.0365. The van der Waals surface area contributed by atoms with Gasteiger partial charge in [-0.15, -0.1) is 0 Å². The van der Waals surface area contributed by atoms with Crippen molar-refractivity contribution in [3.8, 4) is 17.6 Å². The topological polar surface area (TPSA) is 141 Å². The van der Waals surface area contributed by atoms with E-state index in [2.05, 4.69) is 16.0 Å². The number of imidazole rings is 1. The van der Waals surface area contributed by atoms with E-state index < -0.39 is 0 Å². The van der Waals surface area contributed by atoms with Crippen molar-refractivity contribution in [1.82, 2.24) is 24.4 Å². The summed E-state index contributed by atoms with van der Waals surface area (Å²) >= 11 is 1.37. The van der Waals surface area contributed by atoms with Crippen molar-refractivity contribution in [2.45, 2.75) is 35.9 Å². The van der Waals surface area contributed by atoms with E-state index in [9.17, 15) is 10.1 Å². The first-order chi connectivity index (χ1) is 17.1. The van der Waals surface area contributed by atoms with E-state index >= 15 is 0 Å². The maximum Gasteiger partial charge on any atom is 0.248 e. The minimum Gasteiger partial charge on any atom is -0.454 e. The largest absolute Gasteiger partial charge is 0.454 e. The maximum absolute atomic E-state index is 12.1. The Balaban J connectivity index is 1.37. The quantitative estimate of drug-likeness (QED) is 0.519. The van der Waals surface area contributed by atoms with Crippen LogP contribution in [0.3, 0.4) is 0 Å². The van der Waals surface area contributed by atoms with Gasteiger partial charge in [-0.1, -0.05) is 11.8 Å². The number of rotatable bonds is 7. The fraction of sp³-hybridized carbons (Fsp3) is 0.435. The molecule has 2 aliphatic heterocycles. The van der Waals surface area contributed by atoms with E-state index in [-0.39, 0.29) is 19.3 Å². The van der Waals surface area contributed by atoms with E-state index in [4.69, 9.17) is 24.9 Å². The molecule has 11 nitrogen and oxygen atoms in total. The number of ether oxygens (including phenoxy) is 3. The number of fused-ring (bicyclic) bond motifs is 2. The molecule has 2 aliphatic rings. The van der Waals surface area contributed by atoms with Crippen molar-refractivity contribution >= 4 is 34.7 Å². The summed E-state index contributed by atoms with van der Waals surface area (Å²) < 4.78 is 17.9. The molecule has 1 fully saturated rings. The lowest BCUT2D eigenvalue weighted by atomic mass is 9.93. The predicted molar refractivity (Wildman–Crippen MR) is 127 cm³/mol. The number of carbonyl (C=O) groups is 1. The van der Waals surface area contributed by atoms with Gasteiger partial charge in [0.05, 0.1) is 5.56 Å². The second-order valence-corrected chi connectivity index (χ2v) is 9.45. The smallest absolute Gasteiger partial charge is 0.248 e. The Kier molecular flexibility index (Phi) is 6.61. The number of carbonyl (C=O) groups excluding carboxylic acids is 1. The van der Waals surface area contributed by atoms with Gasteiger partial charge in [0.1, 0.15) is 19.0 Å². The number of hydrogen-bond donors (Lipinski definition) is 1. The van der Waals surface area contributed by atoms with Gasteiger partial charge in [0.15, 0.2) is 33.6 Å².